The third-order valence-corrected chi connectivity index (χ3v) is 3.20. The maximum Gasteiger partial charge on any atom is 0.351 e. The highest BCUT2D eigenvalue weighted by Crippen LogP contribution is 2.15. The van der Waals surface area contributed by atoms with Gasteiger partial charge in [0.05, 0.1) is 11.6 Å². The second-order valence-electron chi connectivity index (χ2n) is 3.86. The Morgan fingerprint density at radius 3 is 2.90 bits per heavy atom. The Kier molecular flexibility index (Phi) is 7.94. The minimum atomic E-state index is -0.655. The molecule has 1 heterocycles. The molecule has 6 nitrogen and oxygen atoms in total. The Balaban J connectivity index is 2.72. The monoisotopic (exact) mass is 307 g/mol. The maximum absolute atomic E-state index is 11.8. The Hall–Kier alpha value is -2.04. The number of carbonyl (C=O) groups excluding carboxylic acids is 1. The summed E-state index contributed by atoms with van der Waals surface area (Å²) in [4.78, 5) is 15.8. The lowest BCUT2D eigenvalue weighted by Crippen LogP contribution is -2.18. The molecule has 1 rings (SSSR count). The van der Waals surface area contributed by atoms with Crippen LogP contribution < -0.4 is 5.32 Å². The molecule has 0 bridgehead atoms. The molecule has 0 amide bonds. The van der Waals surface area contributed by atoms with Crippen LogP contribution in [0.2, 0.25) is 0 Å². The fraction of sp³-hybridized carbons (Fsp3) is 0.357. The molecule has 0 saturated carbocycles. The van der Waals surface area contributed by atoms with Crippen LogP contribution in [0.15, 0.2) is 35.1 Å². The van der Waals surface area contributed by atoms with Crippen LogP contribution in [0.25, 0.3) is 0 Å². The van der Waals surface area contributed by atoms with E-state index >= 15 is 0 Å². The van der Waals surface area contributed by atoms with Gasteiger partial charge < -0.3 is 14.8 Å². The molecule has 0 fully saturated rings. The summed E-state index contributed by atoms with van der Waals surface area (Å²) in [7, 11) is 1.51. The lowest BCUT2D eigenvalue weighted by atomic mass is 10.3. The first-order valence-corrected chi connectivity index (χ1v) is 7.42. The third kappa shape index (κ3) is 5.85. The molecule has 0 spiro atoms. The van der Waals surface area contributed by atoms with E-state index in [1.165, 1.54) is 18.9 Å². The van der Waals surface area contributed by atoms with E-state index in [0.29, 0.717) is 18.2 Å². The smallest absolute Gasteiger partial charge is 0.351 e. The van der Waals surface area contributed by atoms with Crippen LogP contribution in [0, 0.1) is 11.3 Å². The Morgan fingerprint density at radius 2 is 2.33 bits per heavy atom. The number of nitriles is 1. The Labute approximate surface area is 128 Å². The van der Waals surface area contributed by atoms with E-state index in [1.807, 2.05) is 18.2 Å². The first-order valence-electron chi connectivity index (χ1n) is 6.20. The Bertz CT molecular complexity index is 526. The van der Waals surface area contributed by atoms with Crippen LogP contribution >= 0.6 is 11.8 Å². The molecule has 1 aromatic rings. The molecule has 0 saturated heterocycles. The van der Waals surface area contributed by atoms with Crippen molar-refractivity contribution in [1.82, 2.24) is 10.3 Å². The van der Waals surface area contributed by atoms with Crippen LogP contribution in [-0.2, 0) is 20.8 Å². The van der Waals surface area contributed by atoms with Crippen molar-refractivity contribution >= 4 is 17.7 Å². The van der Waals surface area contributed by atoms with E-state index in [1.54, 1.807) is 18.6 Å². The summed E-state index contributed by atoms with van der Waals surface area (Å²) < 4.78 is 9.75. The number of ether oxygens (including phenoxy) is 2. The van der Waals surface area contributed by atoms with Gasteiger partial charge in [0.15, 0.2) is 5.57 Å². The van der Waals surface area contributed by atoms with Crippen LogP contribution in [0.5, 0.6) is 0 Å². The number of pyridine rings is 1. The minimum Gasteiger partial charge on any atom is -0.459 e. The van der Waals surface area contributed by atoms with Crippen LogP contribution in [0.3, 0.4) is 0 Å². The molecule has 0 unspecified atom stereocenters. The lowest BCUT2D eigenvalue weighted by Gasteiger charge is -2.11. The van der Waals surface area contributed by atoms with Crippen molar-refractivity contribution in [2.75, 3.05) is 26.6 Å². The van der Waals surface area contributed by atoms with Crippen LogP contribution in [0.1, 0.15) is 5.56 Å². The summed E-state index contributed by atoms with van der Waals surface area (Å²) in [6, 6.07) is 5.61. The summed E-state index contributed by atoms with van der Waals surface area (Å²) in [6.45, 7) is 0.882. The fourth-order valence-electron chi connectivity index (χ4n) is 1.43. The van der Waals surface area contributed by atoms with Crippen molar-refractivity contribution in [1.29, 1.82) is 5.26 Å². The highest BCUT2D eigenvalue weighted by molar-refractivity contribution is 8.02. The van der Waals surface area contributed by atoms with Gasteiger partial charge in [0.25, 0.3) is 0 Å². The summed E-state index contributed by atoms with van der Waals surface area (Å²) in [5.74, 6) is -0.655. The number of hydrogen-bond donors (Lipinski definition) is 1. The zero-order valence-electron chi connectivity index (χ0n) is 12.0. The van der Waals surface area contributed by atoms with Crippen molar-refractivity contribution in [2.24, 2.45) is 0 Å². The maximum atomic E-state index is 11.8. The highest BCUT2D eigenvalue weighted by atomic mass is 32.2. The number of thioether (sulfide) groups is 1. The third-order valence-electron chi connectivity index (χ3n) is 2.44. The van der Waals surface area contributed by atoms with E-state index < -0.39 is 5.97 Å². The van der Waals surface area contributed by atoms with Gasteiger partial charge >= 0.3 is 5.97 Å². The van der Waals surface area contributed by atoms with Gasteiger partial charge in [0, 0.05) is 26.0 Å². The van der Waals surface area contributed by atoms with Gasteiger partial charge in [-0.3, -0.25) is 4.98 Å². The van der Waals surface area contributed by atoms with Crippen molar-refractivity contribution in [3.05, 3.63) is 40.7 Å². The van der Waals surface area contributed by atoms with Gasteiger partial charge in [0.2, 0.25) is 0 Å². The van der Waals surface area contributed by atoms with E-state index in [-0.39, 0.29) is 12.2 Å². The van der Waals surface area contributed by atoms with Crippen molar-refractivity contribution in [2.45, 2.75) is 6.54 Å². The largest absolute Gasteiger partial charge is 0.459 e. The molecule has 1 N–H and O–H groups in total. The second kappa shape index (κ2) is 9.80. The summed E-state index contributed by atoms with van der Waals surface area (Å²) in [6.07, 6.45) is 5.18. The van der Waals surface area contributed by atoms with Crippen LogP contribution in [0.4, 0.5) is 0 Å². The highest BCUT2D eigenvalue weighted by Gasteiger charge is 2.16. The summed E-state index contributed by atoms with van der Waals surface area (Å²) in [5, 5.41) is 12.7. The van der Waals surface area contributed by atoms with Gasteiger partial charge in [-0.2, -0.15) is 5.26 Å². The Morgan fingerprint density at radius 1 is 1.52 bits per heavy atom. The number of nitrogens with one attached hydrogen (secondary N) is 1. The normalized spacial score (nSPS) is 11.3. The number of aromatic nitrogens is 1. The summed E-state index contributed by atoms with van der Waals surface area (Å²) in [5.41, 5.74) is 0.914. The molecule has 0 atom stereocenters. The molecular formula is C14H17N3O3S. The number of nitrogens with zero attached hydrogens (tertiary/aromatic N) is 2. The standard InChI is InChI=1S/C14H17N3O3S/c1-19-6-7-20-14(18)12(8-15)13(21-2)17-10-11-4-3-5-16-9-11/h3-5,9,17H,6-7,10H2,1-2H3. The van der Waals surface area contributed by atoms with Crippen molar-refractivity contribution < 1.29 is 14.3 Å². The van der Waals surface area contributed by atoms with Crippen molar-refractivity contribution in [3.63, 3.8) is 0 Å². The predicted octanol–water partition coefficient (Wildman–Crippen LogP) is 1.46. The molecule has 0 radical (unpaired) electrons. The molecule has 21 heavy (non-hydrogen) atoms. The van der Waals surface area contributed by atoms with Gasteiger partial charge in [-0.05, 0) is 17.9 Å². The first kappa shape index (κ1) is 17.0. The number of esters is 1. The SMILES string of the molecule is COCCOC(=O)C(C#N)=C(NCc1cccnc1)SC. The van der Waals surface area contributed by atoms with Gasteiger partial charge in [-0.1, -0.05) is 6.07 Å². The van der Waals surface area contributed by atoms with Gasteiger partial charge in [-0.25, -0.2) is 4.79 Å². The first-order chi connectivity index (χ1) is 10.2. The molecule has 112 valence electrons. The molecule has 0 aromatic carbocycles. The van der Waals surface area contributed by atoms with Crippen LogP contribution in [-0.4, -0.2) is 37.5 Å². The minimum absolute atomic E-state index is 0.0394. The fourth-order valence-corrected chi connectivity index (χ4v) is 1.98. The van der Waals surface area contributed by atoms with E-state index in [2.05, 4.69) is 10.3 Å². The zero-order chi connectivity index (χ0) is 15.5. The average molecular weight is 307 g/mol. The average Bonchev–Trinajstić information content (AvgIpc) is 2.52. The number of carbonyl (C=O) groups is 1. The zero-order valence-corrected chi connectivity index (χ0v) is 12.8. The second-order valence-corrected chi connectivity index (χ2v) is 4.68. The lowest BCUT2D eigenvalue weighted by molar-refractivity contribution is -0.139. The quantitative estimate of drug-likeness (QED) is 0.337. The summed E-state index contributed by atoms with van der Waals surface area (Å²) >= 11 is 1.28. The van der Waals surface area contributed by atoms with Crippen molar-refractivity contribution in [3.8, 4) is 6.07 Å². The van der Waals surface area contributed by atoms with E-state index in [0.717, 1.165) is 5.56 Å². The molecule has 0 aliphatic carbocycles. The molecular weight excluding hydrogens is 290 g/mol. The van der Waals surface area contributed by atoms with E-state index in [9.17, 15) is 4.79 Å². The topological polar surface area (TPSA) is 84.2 Å². The predicted molar refractivity (Wildman–Crippen MR) is 80.1 cm³/mol. The number of methoxy groups -OCH3 is 1. The van der Waals surface area contributed by atoms with Gasteiger partial charge in [0.1, 0.15) is 12.7 Å². The molecule has 0 aliphatic rings. The van der Waals surface area contributed by atoms with E-state index in [4.69, 9.17) is 14.7 Å². The number of rotatable bonds is 8. The molecule has 1 aromatic heterocycles. The van der Waals surface area contributed by atoms with Gasteiger partial charge in [-0.15, -0.1) is 11.8 Å². The number of hydrogen-bond acceptors (Lipinski definition) is 7. The molecule has 0 aliphatic heterocycles. The molecule has 7 heteroatoms.